The van der Waals surface area contributed by atoms with Gasteiger partial charge in [0, 0.05) is 18.9 Å². The van der Waals surface area contributed by atoms with Crippen LogP contribution in [-0.2, 0) is 18.3 Å². The van der Waals surface area contributed by atoms with Crippen LogP contribution in [0.4, 0.5) is 0 Å². The van der Waals surface area contributed by atoms with Gasteiger partial charge in [0.2, 0.25) is 5.50 Å². The van der Waals surface area contributed by atoms with Crippen molar-refractivity contribution in [1.29, 1.82) is 0 Å². The lowest BCUT2D eigenvalue weighted by molar-refractivity contribution is 0.0360. The molecule has 0 saturated carbocycles. The molecule has 0 aromatic heterocycles. The molecule has 0 amide bonds. The predicted octanol–water partition coefficient (Wildman–Crippen LogP) is 5.46. The minimum Gasteiger partial charge on any atom is -0.482 e. The maximum absolute atomic E-state index is 13.5. The SMILES string of the molecule is CC[C@@H]1C=C(P(=O)(OC(C)C)OC(C)C)O[C@H](CCO)[C@H]1c1ccccc1. The molecule has 1 aromatic carbocycles. The van der Waals surface area contributed by atoms with Gasteiger partial charge in [0.05, 0.1) is 12.2 Å². The van der Waals surface area contributed by atoms with Gasteiger partial charge in [0.1, 0.15) is 6.10 Å². The van der Waals surface area contributed by atoms with Crippen molar-refractivity contribution < 1.29 is 23.5 Å². The molecule has 0 fully saturated rings. The van der Waals surface area contributed by atoms with Crippen LogP contribution in [0.15, 0.2) is 41.9 Å². The molecule has 1 heterocycles. The first-order valence-corrected chi connectivity index (χ1v) is 11.4. The van der Waals surface area contributed by atoms with Crippen molar-refractivity contribution in [3.63, 3.8) is 0 Å². The lowest BCUT2D eigenvalue weighted by Gasteiger charge is -2.39. The number of hydrogen-bond donors (Lipinski definition) is 1. The summed E-state index contributed by atoms with van der Waals surface area (Å²) >= 11 is 0. The second kappa shape index (κ2) is 9.88. The zero-order chi connectivity index (χ0) is 20.0. The van der Waals surface area contributed by atoms with Crippen LogP contribution < -0.4 is 0 Å². The summed E-state index contributed by atoms with van der Waals surface area (Å²) in [5.74, 6) is 0.200. The minimum absolute atomic E-state index is 0.00189. The fraction of sp³-hybridized carbons (Fsp3) is 0.619. The van der Waals surface area contributed by atoms with Gasteiger partial charge in [-0.25, -0.2) is 0 Å². The van der Waals surface area contributed by atoms with Crippen LogP contribution in [0, 0.1) is 5.92 Å². The van der Waals surface area contributed by atoms with E-state index in [0.29, 0.717) is 6.42 Å². The predicted molar refractivity (Wildman–Crippen MR) is 108 cm³/mol. The van der Waals surface area contributed by atoms with E-state index >= 15 is 0 Å². The first kappa shape index (κ1) is 22.2. The Morgan fingerprint density at radius 2 is 1.70 bits per heavy atom. The standard InChI is InChI=1S/C21H33O5P/c1-6-17-14-20(27(23,25-15(2)3)26-16(4)5)24-19(12-13-22)21(17)18-10-8-7-9-11-18/h7-11,14-17,19,21-22H,6,12-13H2,1-5H3/t17-,19-,21-/m1/s1. The highest BCUT2D eigenvalue weighted by Gasteiger charge is 2.43. The Balaban J connectivity index is 2.45. The fourth-order valence-electron chi connectivity index (χ4n) is 3.54. The van der Waals surface area contributed by atoms with E-state index in [0.717, 1.165) is 12.0 Å². The summed E-state index contributed by atoms with van der Waals surface area (Å²) in [6.45, 7) is 9.42. The molecular formula is C21H33O5P. The lowest BCUT2D eigenvalue weighted by Crippen LogP contribution is -2.33. The first-order chi connectivity index (χ1) is 12.8. The van der Waals surface area contributed by atoms with Crippen molar-refractivity contribution in [3.8, 4) is 0 Å². The number of aliphatic hydroxyl groups excluding tert-OH is 1. The van der Waals surface area contributed by atoms with E-state index < -0.39 is 7.60 Å². The molecule has 0 radical (unpaired) electrons. The summed E-state index contributed by atoms with van der Waals surface area (Å²) < 4.78 is 31.2. The molecule has 0 saturated heterocycles. The molecule has 1 aliphatic rings. The lowest BCUT2D eigenvalue weighted by atomic mass is 9.78. The van der Waals surface area contributed by atoms with Gasteiger partial charge in [-0.3, -0.25) is 4.57 Å². The van der Waals surface area contributed by atoms with Crippen molar-refractivity contribution in [1.82, 2.24) is 0 Å². The minimum atomic E-state index is -3.58. The molecule has 1 aliphatic heterocycles. The number of benzene rings is 1. The number of ether oxygens (including phenoxy) is 1. The zero-order valence-corrected chi connectivity index (χ0v) is 17.9. The van der Waals surface area contributed by atoms with E-state index in [1.54, 1.807) is 0 Å². The van der Waals surface area contributed by atoms with Crippen molar-refractivity contribution in [2.45, 2.75) is 71.7 Å². The third-order valence-electron chi connectivity index (χ3n) is 4.53. The van der Waals surface area contributed by atoms with E-state index in [9.17, 15) is 9.67 Å². The van der Waals surface area contributed by atoms with Crippen molar-refractivity contribution >= 4 is 7.60 Å². The van der Waals surface area contributed by atoms with Crippen LogP contribution >= 0.6 is 7.60 Å². The molecule has 152 valence electrons. The topological polar surface area (TPSA) is 65.0 Å². The second-order valence-electron chi connectivity index (χ2n) is 7.49. The molecule has 0 unspecified atom stereocenters. The van der Waals surface area contributed by atoms with Crippen LogP contribution in [0.25, 0.3) is 0 Å². The molecule has 0 aliphatic carbocycles. The monoisotopic (exact) mass is 396 g/mol. The maximum atomic E-state index is 13.5. The Labute approximate surface area is 163 Å². The Hall–Kier alpha value is -1.13. The molecule has 1 N–H and O–H groups in total. The summed E-state index contributed by atoms with van der Waals surface area (Å²) in [5, 5.41) is 9.59. The fourth-order valence-corrected chi connectivity index (χ4v) is 5.55. The van der Waals surface area contributed by atoms with Gasteiger partial charge in [0.25, 0.3) is 0 Å². The van der Waals surface area contributed by atoms with Gasteiger partial charge in [-0.15, -0.1) is 0 Å². The quantitative estimate of drug-likeness (QED) is 0.561. The van der Waals surface area contributed by atoms with E-state index in [1.807, 2.05) is 52.0 Å². The van der Waals surface area contributed by atoms with Crippen LogP contribution in [0.2, 0.25) is 0 Å². The molecule has 27 heavy (non-hydrogen) atoms. The Morgan fingerprint density at radius 1 is 1.11 bits per heavy atom. The average Bonchev–Trinajstić information content (AvgIpc) is 2.60. The average molecular weight is 396 g/mol. The largest absolute Gasteiger partial charge is 0.482 e. The van der Waals surface area contributed by atoms with Crippen LogP contribution in [0.5, 0.6) is 0 Å². The van der Waals surface area contributed by atoms with E-state index in [2.05, 4.69) is 19.1 Å². The van der Waals surface area contributed by atoms with Gasteiger partial charge in [0.15, 0.2) is 0 Å². The molecule has 2 rings (SSSR count). The van der Waals surface area contributed by atoms with Crippen LogP contribution in [0.3, 0.4) is 0 Å². The van der Waals surface area contributed by atoms with E-state index in [1.165, 1.54) is 0 Å². The van der Waals surface area contributed by atoms with Crippen LogP contribution in [-0.4, -0.2) is 30.0 Å². The normalized spacial score (nSPS) is 23.4. The summed E-state index contributed by atoms with van der Waals surface area (Å²) in [5.41, 5.74) is 1.44. The molecule has 1 aromatic rings. The van der Waals surface area contributed by atoms with Crippen molar-refractivity contribution in [3.05, 3.63) is 47.5 Å². The summed E-state index contributed by atoms with van der Waals surface area (Å²) in [6, 6.07) is 10.2. The van der Waals surface area contributed by atoms with Crippen LogP contribution in [0.1, 0.15) is 58.9 Å². The van der Waals surface area contributed by atoms with Gasteiger partial charge in [-0.1, -0.05) is 37.3 Å². The molecular weight excluding hydrogens is 363 g/mol. The number of aliphatic hydroxyl groups is 1. The van der Waals surface area contributed by atoms with Crippen molar-refractivity contribution in [2.24, 2.45) is 5.92 Å². The zero-order valence-electron chi connectivity index (χ0n) is 17.0. The highest BCUT2D eigenvalue weighted by molar-refractivity contribution is 7.58. The summed E-state index contributed by atoms with van der Waals surface area (Å²) in [6.07, 6.45) is 2.41. The highest BCUT2D eigenvalue weighted by Crippen LogP contribution is 2.61. The second-order valence-corrected chi connectivity index (χ2v) is 9.35. The summed E-state index contributed by atoms with van der Waals surface area (Å²) in [4.78, 5) is 0. The molecule has 5 nitrogen and oxygen atoms in total. The van der Waals surface area contributed by atoms with Gasteiger partial charge in [-0.05, 0) is 51.7 Å². The molecule has 0 spiro atoms. The van der Waals surface area contributed by atoms with E-state index in [-0.39, 0.29) is 42.3 Å². The number of rotatable bonds is 9. The third kappa shape index (κ3) is 5.68. The molecule has 0 bridgehead atoms. The third-order valence-corrected chi connectivity index (χ3v) is 6.72. The molecule has 6 heteroatoms. The van der Waals surface area contributed by atoms with Gasteiger partial charge >= 0.3 is 7.60 Å². The number of allylic oxidation sites excluding steroid dienone is 1. The van der Waals surface area contributed by atoms with Gasteiger partial charge < -0.3 is 18.9 Å². The maximum Gasteiger partial charge on any atom is 0.395 e. The van der Waals surface area contributed by atoms with E-state index in [4.69, 9.17) is 13.8 Å². The Morgan fingerprint density at radius 3 is 2.19 bits per heavy atom. The first-order valence-electron chi connectivity index (χ1n) is 9.82. The number of hydrogen-bond acceptors (Lipinski definition) is 5. The molecule has 3 atom stereocenters. The Bertz CT molecular complexity index is 642. The highest BCUT2D eigenvalue weighted by atomic mass is 31.2. The summed E-state index contributed by atoms with van der Waals surface area (Å²) in [7, 11) is -3.58. The Kier molecular flexibility index (Phi) is 8.11. The van der Waals surface area contributed by atoms with Crippen molar-refractivity contribution in [2.75, 3.05) is 6.61 Å². The smallest absolute Gasteiger partial charge is 0.395 e. The van der Waals surface area contributed by atoms with Gasteiger partial charge in [-0.2, -0.15) is 0 Å².